The van der Waals surface area contributed by atoms with Crippen molar-refractivity contribution in [1.29, 1.82) is 0 Å². The molecule has 2 fully saturated rings. The van der Waals surface area contributed by atoms with Gasteiger partial charge in [0.05, 0.1) is 17.0 Å². The van der Waals surface area contributed by atoms with Gasteiger partial charge in [0.2, 0.25) is 10.0 Å². The van der Waals surface area contributed by atoms with E-state index in [4.69, 9.17) is 0 Å². The lowest BCUT2D eigenvalue weighted by Crippen LogP contribution is -2.40. The first-order valence-corrected chi connectivity index (χ1v) is 9.90. The van der Waals surface area contributed by atoms with Crippen molar-refractivity contribution in [1.82, 2.24) is 19.4 Å². The largest absolute Gasteiger partial charge is 0.295 e. The topological polar surface area (TPSA) is 67.2 Å². The molecule has 0 aromatic carbocycles. The van der Waals surface area contributed by atoms with Crippen LogP contribution in [0.3, 0.4) is 0 Å². The zero-order valence-corrected chi connectivity index (χ0v) is 13.6. The highest BCUT2D eigenvalue weighted by Crippen LogP contribution is 2.32. The van der Waals surface area contributed by atoms with Crippen LogP contribution in [0.5, 0.6) is 0 Å². The maximum absolute atomic E-state index is 11.9. The Morgan fingerprint density at radius 2 is 2.09 bits per heavy atom. The van der Waals surface area contributed by atoms with E-state index in [1.807, 2.05) is 6.20 Å². The monoisotopic (exact) mass is 324 g/mol. The van der Waals surface area contributed by atoms with Crippen molar-refractivity contribution in [2.45, 2.75) is 49.9 Å². The van der Waals surface area contributed by atoms with Gasteiger partial charge in [-0.1, -0.05) is 0 Å². The normalized spacial score (nSPS) is 26.1. The van der Waals surface area contributed by atoms with E-state index in [0.29, 0.717) is 6.54 Å². The van der Waals surface area contributed by atoms with Crippen molar-refractivity contribution in [3.8, 4) is 0 Å². The van der Waals surface area contributed by atoms with Gasteiger partial charge < -0.3 is 0 Å². The van der Waals surface area contributed by atoms with Crippen LogP contribution in [0, 0.1) is 5.92 Å². The number of fused-ring (bicyclic) bond motifs is 1. The molecule has 4 rings (SSSR count). The van der Waals surface area contributed by atoms with Crippen LogP contribution in [0.25, 0.3) is 0 Å². The molecule has 2 aliphatic carbocycles. The van der Waals surface area contributed by atoms with Gasteiger partial charge in [0.25, 0.3) is 0 Å². The molecule has 6 nitrogen and oxygen atoms in total. The van der Waals surface area contributed by atoms with E-state index in [0.717, 1.165) is 38.3 Å². The SMILES string of the molecule is O=S(=O)(NCC[C@H]1CN(CC2CC2)Cc2ccnn21)C1CC1. The molecule has 1 aromatic rings. The minimum absolute atomic E-state index is 0.134. The van der Waals surface area contributed by atoms with Crippen LogP contribution in [0.1, 0.15) is 43.8 Å². The van der Waals surface area contributed by atoms with Gasteiger partial charge in [-0.05, 0) is 44.1 Å². The molecule has 2 heterocycles. The quantitative estimate of drug-likeness (QED) is 0.816. The molecule has 0 radical (unpaired) electrons. The lowest BCUT2D eigenvalue weighted by Gasteiger charge is -2.34. The molecule has 1 aromatic heterocycles. The summed E-state index contributed by atoms with van der Waals surface area (Å²) in [4.78, 5) is 2.51. The van der Waals surface area contributed by atoms with E-state index in [9.17, 15) is 8.42 Å². The summed E-state index contributed by atoms with van der Waals surface area (Å²) in [6, 6.07) is 2.36. The van der Waals surface area contributed by atoms with Gasteiger partial charge in [-0.3, -0.25) is 9.58 Å². The zero-order chi connectivity index (χ0) is 15.2. The molecule has 1 atom stereocenters. The smallest absolute Gasteiger partial charge is 0.214 e. The molecule has 0 spiro atoms. The van der Waals surface area contributed by atoms with Gasteiger partial charge in [-0.2, -0.15) is 5.10 Å². The van der Waals surface area contributed by atoms with Gasteiger partial charge in [0, 0.05) is 32.4 Å². The van der Waals surface area contributed by atoms with Gasteiger partial charge in [0.1, 0.15) is 0 Å². The van der Waals surface area contributed by atoms with E-state index >= 15 is 0 Å². The van der Waals surface area contributed by atoms with E-state index < -0.39 is 10.0 Å². The number of rotatable bonds is 7. The van der Waals surface area contributed by atoms with Gasteiger partial charge in [0.15, 0.2) is 0 Å². The second-order valence-electron chi connectivity index (χ2n) is 6.99. The average Bonchev–Trinajstić information content (AvgIpc) is 3.37. The molecule has 122 valence electrons. The van der Waals surface area contributed by atoms with E-state index in [1.54, 1.807) is 0 Å². The molecule has 0 amide bonds. The van der Waals surface area contributed by atoms with Crippen molar-refractivity contribution in [3.63, 3.8) is 0 Å². The average molecular weight is 324 g/mol. The van der Waals surface area contributed by atoms with Gasteiger partial charge >= 0.3 is 0 Å². The van der Waals surface area contributed by atoms with Crippen LogP contribution >= 0.6 is 0 Å². The lowest BCUT2D eigenvalue weighted by molar-refractivity contribution is 0.163. The Morgan fingerprint density at radius 1 is 1.27 bits per heavy atom. The first-order valence-electron chi connectivity index (χ1n) is 8.35. The van der Waals surface area contributed by atoms with Crippen LogP contribution in [0.2, 0.25) is 0 Å². The highest BCUT2D eigenvalue weighted by Gasteiger charge is 2.36. The van der Waals surface area contributed by atoms with Crippen molar-refractivity contribution in [2.75, 3.05) is 19.6 Å². The number of nitrogens with one attached hydrogen (secondary N) is 1. The zero-order valence-electron chi connectivity index (χ0n) is 12.8. The Hall–Kier alpha value is -0.920. The molecular weight excluding hydrogens is 300 g/mol. The number of sulfonamides is 1. The predicted octanol–water partition coefficient (Wildman–Crippen LogP) is 1.12. The van der Waals surface area contributed by atoms with Crippen molar-refractivity contribution >= 4 is 10.0 Å². The number of hydrogen-bond acceptors (Lipinski definition) is 4. The molecule has 2 saturated carbocycles. The Kier molecular flexibility index (Phi) is 3.74. The highest BCUT2D eigenvalue weighted by molar-refractivity contribution is 7.90. The van der Waals surface area contributed by atoms with Crippen LogP contribution in [-0.2, 0) is 16.6 Å². The summed E-state index contributed by atoms with van der Waals surface area (Å²) < 4.78 is 28.7. The minimum Gasteiger partial charge on any atom is -0.295 e. The van der Waals surface area contributed by atoms with E-state index in [-0.39, 0.29) is 11.3 Å². The van der Waals surface area contributed by atoms with E-state index in [1.165, 1.54) is 25.1 Å². The van der Waals surface area contributed by atoms with Crippen LogP contribution < -0.4 is 4.72 Å². The third-order valence-electron chi connectivity index (χ3n) is 4.91. The minimum atomic E-state index is -3.07. The van der Waals surface area contributed by atoms with Crippen molar-refractivity contribution in [3.05, 3.63) is 18.0 Å². The third kappa shape index (κ3) is 3.21. The summed E-state index contributed by atoms with van der Waals surface area (Å²) in [5, 5.41) is 4.31. The maximum Gasteiger partial charge on any atom is 0.214 e. The highest BCUT2D eigenvalue weighted by atomic mass is 32.2. The van der Waals surface area contributed by atoms with Crippen molar-refractivity contribution in [2.24, 2.45) is 5.92 Å². The molecule has 3 aliphatic rings. The number of nitrogens with zero attached hydrogens (tertiary/aromatic N) is 3. The Morgan fingerprint density at radius 3 is 2.82 bits per heavy atom. The second kappa shape index (κ2) is 5.62. The summed E-state index contributed by atoms with van der Waals surface area (Å²) in [7, 11) is -3.07. The molecule has 22 heavy (non-hydrogen) atoms. The maximum atomic E-state index is 11.9. The summed E-state index contributed by atoms with van der Waals surface area (Å²) in [5.74, 6) is 0.878. The summed E-state index contributed by atoms with van der Waals surface area (Å²) >= 11 is 0. The fraction of sp³-hybridized carbons (Fsp3) is 0.800. The molecular formula is C15H24N4O2S. The summed E-state index contributed by atoms with van der Waals surface area (Å²) in [6.45, 7) is 3.65. The molecule has 1 N–H and O–H groups in total. The molecule has 1 aliphatic heterocycles. The Balaban J connectivity index is 1.37. The number of aromatic nitrogens is 2. The Labute approximate surface area is 131 Å². The fourth-order valence-corrected chi connectivity index (χ4v) is 4.74. The van der Waals surface area contributed by atoms with Crippen LogP contribution in [0.15, 0.2) is 12.3 Å². The van der Waals surface area contributed by atoms with Crippen molar-refractivity contribution < 1.29 is 8.42 Å². The molecule has 0 unspecified atom stereocenters. The van der Waals surface area contributed by atoms with Gasteiger partial charge in [-0.15, -0.1) is 0 Å². The van der Waals surface area contributed by atoms with Crippen LogP contribution in [-0.4, -0.2) is 48.0 Å². The summed E-state index contributed by atoms with van der Waals surface area (Å²) in [5.41, 5.74) is 1.25. The molecule has 0 saturated heterocycles. The van der Waals surface area contributed by atoms with E-state index in [2.05, 4.69) is 25.5 Å². The predicted molar refractivity (Wildman–Crippen MR) is 83.8 cm³/mol. The Bertz CT molecular complexity index is 634. The van der Waals surface area contributed by atoms with Crippen LogP contribution in [0.4, 0.5) is 0 Å². The first-order chi connectivity index (χ1) is 10.6. The second-order valence-corrected chi connectivity index (χ2v) is 9.03. The lowest BCUT2D eigenvalue weighted by atomic mass is 10.1. The summed E-state index contributed by atoms with van der Waals surface area (Å²) in [6.07, 6.45) is 7.02. The molecule has 7 heteroatoms. The number of hydrogen-bond donors (Lipinski definition) is 1. The standard InChI is InChI=1S/C15H24N4O2S/c20-22(21,15-3-4-15)17-8-6-14-11-18(9-12-1-2-12)10-13-5-7-16-19(13)14/h5,7,12,14-15,17H,1-4,6,8-11H2/t14-/m0/s1. The first kappa shape index (κ1) is 14.7. The molecule has 0 bridgehead atoms. The van der Waals surface area contributed by atoms with Gasteiger partial charge in [-0.25, -0.2) is 13.1 Å². The fourth-order valence-electron chi connectivity index (χ4n) is 3.35. The third-order valence-corrected chi connectivity index (χ3v) is 6.87.